The zero-order valence-corrected chi connectivity index (χ0v) is 13.0. The molecule has 3 nitrogen and oxygen atoms in total. The van der Waals surface area contributed by atoms with Crippen LogP contribution in [-0.2, 0) is 0 Å². The molecule has 3 rings (SSSR count). The topological polar surface area (TPSA) is 35.5 Å². The van der Waals surface area contributed by atoms with Crippen LogP contribution in [0.5, 0.6) is 11.5 Å². The van der Waals surface area contributed by atoms with Crippen LogP contribution in [0, 0.1) is 0 Å². The van der Waals surface area contributed by atoms with Crippen LogP contribution in [0.4, 0.5) is 0 Å². The van der Waals surface area contributed by atoms with Crippen molar-refractivity contribution in [2.75, 3.05) is 0 Å². The Labute approximate surface area is 130 Å². The van der Waals surface area contributed by atoms with Gasteiger partial charge in [0, 0.05) is 18.4 Å². The second kappa shape index (κ2) is 5.84. The van der Waals surface area contributed by atoms with E-state index in [1.54, 1.807) is 0 Å². The maximum absolute atomic E-state index is 10.7. The molecule has 2 aromatic carbocycles. The van der Waals surface area contributed by atoms with E-state index in [1.807, 2.05) is 42.5 Å². The molecule has 1 aliphatic rings. The van der Waals surface area contributed by atoms with Crippen molar-refractivity contribution in [3.05, 3.63) is 48.0 Å². The molecule has 0 N–H and O–H groups in total. The van der Waals surface area contributed by atoms with Gasteiger partial charge in [0.2, 0.25) is 0 Å². The Morgan fingerprint density at radius 1 is 0.955 bits per heavy atom. The maximum Gasteiger partial charge on any atom is 0.251 e. The number of carbonyl (C=O) groups excluding carboxylic acids is 1. The molecule has 1 atom stereocenters. The number of carbonyl (C=O) groups is 1. The van der Waals surface area contributed by atoms with E-state index in [4.69, 9.17) is 9.47 Å². The number of ether oxygens (including phenoxy) is 2. The first kappa shape index (κ1) is 14.6. The van der Waals surface area contributed by atoms with Crippen LogP contribution >= 0.6 is 0 Å². The fourth-order valence-corrected chi connectivity index (χ4v) is 2.83. The number of rotatable bonds is 5. The lowest BCUT2D eigenvalue weighted by Gasteiger charge is -2.25. The van der Waals surface area contributed by atoms with Gasteiger partial charge < -0.3 is 9.47 Å². The van der Waals surface area contributed by atoms with Crippen LogP contribution in [0.2, 0.25) is 0 Å². The molecule has 2 aromatic rings. The van der Waals surface area contributed by atoms with E-state index in [9.17, 15) is 4.79 Å². The normalized spacial score (nSPS) is 19.2. The van der Waals surface area contributed by atoms with Gasteiger partial charge in [0.15, 0.2) is 11.5 Å². The highest BCUT2D eigenvalue weighted by molar-refractivity contribution is 5.77. The van der Waals surface area contributed by atoms with Crippen molar-refractivity contribution < 1.29 is 14.3 Å². The first-order chi connectivity index (χ1) is 10.7. The summed E-state index contributed by atoms with van der Waals surface area (Å²) in [6, 6.07) is 13.5. The zero-order chi connectivity index (χ0) is 15.6. The van der Waals surface area contributed by atoms with Crippen molar-refractivity contribution in [3.8, 4) is 22.6 Å². The van der Waals surface area contributed by atoms with E-state index in [0.717, 1.165) is 48.2 Å². The van der Waals surface area contributed by atoms with Gasteiger partial charge in [-0.25, -0.2) is 0 Å². The van der Waals surface area contributed by atoms with E-state index in [0.29, 0.717) is 5.56 Å². The van der Waals surface area contributed by atoms with Gasteiger partial charge in [0.05, 0.1) is 0 Å². The van der Waals surface area contributed by atoms with Gasteiger partial charge in [0.25, 0.3) is 5.79 Å². The molecule has 0 aromatic heterocycles. The minimum Gasteiger partial charge on any atom is -0.448 e. The second-order valence-corrected chi connectivity index (χ2v) is 5.62. The molecule has 0 saturated heterocycles. The lowest BCUT2D eigenvalue weighted by molar-refractivity contribution is -0.0884. The summed E-state index contributed by atoms with van der Waals surface area (Å²) in [6.45, 7) is 4.22. The number of hydrogen-bond acceptors (Lipinski definition) is 3. The summed E-state index contributed by atoms with van der Waals surface area (Å²) in [6.07, 6.45) is 3.56. The van der Waals surface area contributed by atoms with Crippen molar-refractivity contribution in [2.45, 2.75) is 38.9 Å². The van der Waals surface area contributed by atoms with Gasteiger partial charge in [-0.05, 0) is 29.7 Å². The molecule has 1 aliphatic heterocycles. The smallest absolute Gasteiger partial charge is 0.251 e. The van der Waals surface area contributed by atoms with Crippen molar-refractivity contribution in [2.24, 2.45) is 0 Å². The first-order valence-corrected chi connectivity index (χ1v) is 7.77. The Balaban J connectivity index is 1.90. The Morgan fingerprint density at radius 3 is 2.27 bits per heavy atom. The molecule has 114 valence electrons. The molecule has 22 heavy (non-hydrogen) atoms. The number of benzene rings is 2. The second-order valence-electron chi connectivity index (χ2n) is 5.62. The Morgan fingerprint density at radius 2 is 1.64 bits per heavy atom. The van der Waals surface area contributed by atoms with Gasteiger partial charge in [-0.2, -0.15) is 0 Å². The van der Waals surface area contributed by atoms with Crippen LogP contribution < -0.4 is 9.47 Å². The average molecular weight is 296 g/mol. The minimum atomic E-state index is -0.517. The molecular formula is C19H20O3. The Kier molecular flexibility index (Phi) is 3.88. The van der Waals surface area contributed by atoms with Gasteiger partial charge >= 0.3 is 0 Å². The third-order valence-corrected chi connectivity index (χ3v) is 4.09. The highest BCUT2D eigenvalue weighted by atomic mass is 16.7. The van der Waals surface area contributed by atoms with Crippen molar-refractivity contribution >= 4 is 6.29 Å². The van der Waals surface area contributed by atoms with Gasteiger partial charge in [-0.15, -0.1) is 0 Å². The summed E-state index contributed by atoms with van der Waals surface area (Å²) in [5, 5.41) is 0. The standard InChI is InChI=1S/C19H20O3/c1-3-11-19(4-2)21-17-10-9-16(12-18(17)22-19)15-7-5-14(13-20)6-8-15/h5-10,12-13H,3-4,11H2,1-2H3. The molecule has 0 radical (unpaired) electrons. The number of aldehydes is 1. The molecule has 0 aliphatic carbocycles. The maximum atomic E-state index is 10.7. The van der Waals surface area contributed by atoms with Gasteiger partial charge in [-0.1, -0.05) is 44.2 Å². The van der Waals surface area contributed by atoms with Gasteiger partial charge in [-0.3, -0.25) is 4.79 Å². The lowest BCUT2D eigenvalue weighted by atomic mass is 10.0. The number of hydrogen-bond donors (Lipinski definition) is 0. The van der Waals surface area contributed by atoms with E-state index >= 15 is 0 Å². The third-order valence-electron chi connectivity index (χ3n) is 4.09. The minimum absolute atomic E-state index is 0.517. The van der Waals surface area contributed by atoms with Crippen LogP contribution in [0.1, 0.15) is 43.5 Å². The van der Waals surface area contributed by atoms with Crippen LogP contribution in [0.25, 0.3) is 11.1 Å². The van der Waals surface area contributed by atoms with Crippen LogP contribution in [0.3, 0.4) is 0 Å². The summed E-state index contributed by atoms with van der Waals surface area (Å²) < 4.78 is 12.2. The number of fused-ring (bicyclic) bond motifs is 1. The fraction of sp³-hybridized carbons (Fsp3) is 0.316. The van der Waals surface area contributed by atoms with Crippen molar-refractivity contribution in [1.29, 1.82) is 0 Å². The molecule has 0 saturated carbocycles. The Bertz CT molecular complexity index is 676. The predicted molar refractivity (Wildman–Crippen MR) is 86.5 cm³/mol. The lowest BCUT2D eigenvalue weighted by Crippen LogP contribution is -2.37. The quantitative estimate of drug-likeness (QED) is 0.740. The van der Waals surface area contributed by atoms with Crippen LogP contribution in [0.15, 0.2) is 42.5 Å². The highest BCUT2D eigenvalue weighted by Crippen LogP contribution is 2.44. The van der Waals surface area contributed by atoms with Crippen molar-refractivity contribution in [1.82, 2.24) is 0 Å². The average Bonchev–Trinajstić information content (AvgIpc) is 2.93. The summed E-state index contributed by atoms with van der Waals surface area (Å²) in [5.41, 5.74) is 2.79. The Hall–Kier alpha value is -2.29. The monoisotopic (exact) mass is 296 g/mol. The molecule has 1 heterocycles. The van der Waals surface area contributed by atoms with Crippen LogP contribution in [-0.4, -0.2) is 12.1 Å². The summed E-state index contributed by atoms with van der Waals surface area (Å²) >= 11 is 0. The summed E-state index contributed by atoms with van der Waals surface area (Å²) in [4.78, 5) is 10.7. The fourth-order valence-electron chi connectivity index (χ4n) is 2.83. The molecule has 1 unspecified atom stereocenters. The summed E-state index contributed by atoms with van der Waals surface area (Å²) in [5.74, 6) is 1.09. The van der Waals surface area contributed by atoms with E-state index in [-0.39, 0.29) is 0 Å². The van der Waals surface area contributed by atoms with E-state index in [1.165, 1.54) is 0 Å². The molecule has 0 amide bonds. The van der Waals surface area contributed by atoms with E-state index < -0.39 is 5.79 Å². The summed E-state index contributed by atoms with van der Waals surface area (Å²) in [7, 11) is 0. The molecule has 3 heteroatoms. The highest BCUT2D eigenvalue weighted by Gasteiger charge is 2.39. The predicted octanol–water partition coefficient (Wildman–Crippen LogP) is 4.84. The van der Waals surface area contributed by atoms with E-state index in [2.05, 4.69) is 13.8 Å². The van der Waals surface area contributed by atoms with Crippen molar-refractivity contribution in [3.63, 3.8) is 0 Å². The molecule has 0 spiro atoms. The third kappa shape index (κ3) is 2.59. The SMILES string of the molecule is CCCC1(CC)Oc2ccc(-c3ccc(C=O)cc3)cc2O1. The zero-order valence-electron chi connectivity index (χ0n) is 13.0. The molecule has 0 bridgehead atoms. The largest absolute Gasteiger partial charge is 0.448 e. The first-order valence-electron chi connectivity index (χ1n) is 7.77. The van der Waals surface area contributed by atoms with Gasteiger partial charge in [0.1, 0.15) is 6.29 Å². The molecule has 0 fully saturated rings. The molecular weight excluding hydrogens is 276 g/mol.